The second kappa shape index (κ2) is 8.74. The molecule has 0 bridgehead atoms. The normalized spacial score (nSPS) is 38.5. The van der Waals surface area contributed by atoms with E-state index in [1.54, 1.807) is 0 Å². The minimum Gasteiger partial charge on any atom is -0.347 e. The maximum Gasteiger partial charge on any atom is 0.141 e. The van der Waals surface area contributed by atoms with Crippen LogP contribution in [0.5, 0.6) is 0 Å². The molecular formula is C34H49NO. The summed E-state index contributed by atoms with van der Waals surface area (Å²) in [6, 6.07) is 8.83. The van der Waals surface area contributed by atoms with E-state index in [-0.39, 0.29) is 11.3 Å². The minimum absolute atomic E-state index is 0.102. The summed E-state index contributed by atoms with van der Waals surface area (Å²) in [6.45, 7) is 12.4. The third kappa shape index (κ3) is 3.45. The van der Waals surface area contributed by atoms with Gasteiger partial charge in [0.25, 0.3) is 0 Å². The van der Waals surface area contributed by atoms with Crippen LogP contribution in [0.15, 0.2) is 24.3 Å². The second-order valence-electron chi connectivity index (χ2n) is 14.5. The first-order valence-electron chi connectivity index (χ1n) is 15.3. The van der Waals surface area contributed by atoms with Gasteiger partial charge in [0.1, 0.15) is 5.78 Å². The molecule has 1 aromatic carbocycles. The lowest BCUT2D eigenvalue weighted by molar-refractivity contribution is -0.143. The van der Waals surface area contributed by atoms with Gasteiger partial charge in [0.15, 0.2) is 0 Å². The molecule has 196 valence electrons. The van der Waals surface area contributed by atoms with Crippen molar-refractivity contribution in [3.8, 4) is 0 Å². The van der Waals surface area contributed by atoms with Crippen molar-refractivity contribution in [1.82, 2.24) is 4.57 Å². The van der Waals surface area contributed by atoms with E-state index in [1.165, 1.54) is 73.5 Å². The Morgan fingerprint density at radius 2 is 1.72 bits per heavy atom. The van der Waals surface area contributed by atoms with Gasteiger partial charge in [0.2, 0.25) is 0 Å². The van der Waals surface area contributed by atoms with Crippen LogP contribution in [0.2, 0.25) is 0 Å². The van der Waals surface area contributed by atoms with Gasteiger partial charge in [-0.3, -0.25) is 4.79 Å². The Morgan fingerprint density at radius 3 is 2.50 bits per heavy atom. The fourth-order valence-corrected chi connectivity index (χ4v) is 10.7. The minimum atomic E-state index is 0.102. The van der Waals surface area contributed by atoms with Gasteiger partial charge in [-0.15, -0.1) is 0 Å². The molecule has 4 aliphatic carbocycles. The predicted molar refractivity (Wildman–Crippen MR) is 150 cm³/mol. The Labute approximate surface area is 219 Å². The molecular weight excluding hydrogens is 438 g/mol. The van der Waals surface area contributed by atoms with Crippen LogP contribution in [0.3, 0.4) is 0 Å². The van der Waals surface area contributed by atoms with E-state index in [2.05, 4.69) is 70.5 Å². The molecule has 0 saturated heterocycles. The molecule has 0 N–H and O–H groups in total. The first-order valence-corrected chi connectivity index (χ1v) is 15.3. The Bertz CT molecular complexity index is 1160. The maximum atomic E-state index is 14.2. The number of para-hydroxylation sites is 1. The number of aromatic nitrogens is 1. The topological polar surface area (TPSA) is 22.0 Å². The lowest BCUT2D eigenvalue weighted by atomic mass is 9.44. The summed E-state index contributed by atoms with van der Waals surface area (Å²) in [6.07, 6.45) is 12.8. The first kappa shape index (κ1) is 24.7. The Morgan fingerprint density at radius 1 is 0.972 bits per heavy atom. The molecule has 6 rings (SSSR count). The highest BCUT2D eigenvalue weighted by Gasteiger charge is 2.63. The number of benzene rings is 1. The highest BCUT2D eigenvalue weighted by atomic mass is 16.1. The first-order chi connectivity index (χ1) is 17.2. The molecule has 36 heavy (non-hydrogen) atoms. The number of hydrogen-bond donors (Lipinski definition) is 0. The Kier molecular flexibility index (Phi) is 6.01. The van der Waals surface area contributed by atoms with Crippen molar-refractivity contribution in [1.29, 1.82) is 0 Å². The molecule has 8 atom stereocenters. The fraction of sp³-hybridized carbons (Fsp3) is 0.735. The van der Waals surface area contributed by atoms with Gasteiger partial charge in [-0.25, -0.2) is 0 Å². The summed E-state index contributed by atoms with van der Waals surface area (Å²) >= 11 is 0. The van der Waals surface area contributed by atoms with E-state index in [1.807, 2.05) is 0 Å². The molecule has 1 aromatic heterocycles. The van der Waals surface area contributed by atoms with E-state index < -0.39 is 0 Å². The van der Waals surface area contributed by atoms with Crippen molar-refractivity contribution in [3.63, 3.8) is 0 Å². The van der Waals surface area contributed by atoms with Gasteiger partial charge in [-0.05, 0) is 96.5 Å². The number of Topliss-reactive ketones (excluding diaryl/α,β-unsaturated/α-hetero) is 1. The molecule has 1 heterocycles. The van der Waals surface area contributed by atoms with Gasteiger partial charge in [0, 0.05) is 30.1 Å². The zero-order valence-corrected chi connectivity index (χ0v) is 23.8. The van der Waals surface area contributed by atoms with Crippen molar-refractivity contribution in [2.45, 2.75) is 105 Å². The van der Waals surface area contributed by atoms with Crippen molar-refractivity contribution < 1.29 is 4.79 Å². The van der Waals surface area contributed by atoms with Crippen molar-refractivity contribution in [2.24, 2.45) is 53.4 Å². The van der Waals surface area contributed by atoms with E-state index in [0.29, 0.717) is 23.0 Å². The summed E-state index contributed by atoms with van der Waals surface area (Å²) < 4.78 is 2.39. The standard InChI is InChI=1S/C34H49NO/c1-21(2)10-9-11-22(3)25-14-15-26-24-20-30(36)32-31-23-12-7-8-13-28(23)35(6)29(31)17-19-34(32,5)27(24)16-18-33(25,26)4/h7-8,12-13,21-22,24-27,32H,9-11,14-20H2,1-6H3/t22-,24+,25-,26+,27+,32-,33-,34-/m1/s1. The second-order valence-corrected chi connectivity index (χ2v) is 14.5. The zero-order valence-electron chi connectivity index (χ0n) is 23.8. The summed E-state index contributed by atoms with van der Waals surface area (Å²) in [5.74, 6) is 5.24. The van der Waals surface area contributed by atoms with Crippen LogP contribution in [0.25, 0.3) is 10.9 Å². The molecule has 3 saturated carbocycles. The number of carbonyl (C=O) groups is 1. The highest BCUT2D eigenvalue weighted by Crippen LogP contribution is 2.69. The van der Waals surface area contributed by atoms with Crippen LogP contribution in [0, 0.1) is 46.3 Å². The molecule has 2 heteroatoms. The quantitative estimate of drug-likeness (QED) is 0.413. The van der Waals surface area contributed by atoms with Gasteiger partial charge >= 0.3 is 0 Å². The van der Waals surface area contributed by atoms with E-state index in [4.69, 9.17) is 0 Å². The third-order valence-corrected chi connectivity index (χ3v) is 12.4. The number of carbonyl (C=O) groups excluding carboxylic acids is 1. The summed E-state index contributed by atoms with van der Waals surface area (Å²) in [4.78, 5) is 14.2. The van der Waals surface area contributed by atoms with Gasteiger partial charge in [0.05, 0.1) is 5.92 Å². The van der Waals surface area contributed by atoms with Crippen LogP contribution >= 0.6 is 0 Å². The van der Waals surface area contributed by atoms with Gasteiger partial charge in [-0.2, -0.15) is 0 Å². The number of aryl methyl sites for hydroxylation is 1. The molecule has 0 unspecified atom stereocenters. The van der Waals surface area contributed by atoms with Crippen molar-refractivity contribution in [3.05, 3.63) is 35.5 Å². The third-order valence-electron chi connectivity index (χ3n) is 12.4. The van der Waals surface area contributed by atoms with E-state index in [0.717, 1.165) is 36.5 Å². The summed E-state index contributed by atoms with van der Waals surface area (Å²) in [5, 5.41) is 1.34. The lowest BCUT2D eigenvalue weighted by Crippen LogP contribution is -2.55. The van der Waals surface area contributed by atoms with Crippen LogP contribution in [-0.2, 0) is 18.3 Å². The zero-order chi connectivity index (χ0) is 25.4. The highest BCUT2D eigenvalue weighted by molar-refractivity contribution is 5.96. The lowest BCUT2D eigenvalue weighted by Gasteiger charge is -2.60. The van der Waals surface area contributed by atoms with Crippen molar-refractivity contribution >= 4 is 16.7 Å². The van der Waals surface area contributed by atoms with E-state index in [9.17, 15) is 4.79 Å². The number of ketones is 1. The van der Waals surface area contributed by atoms with Crippen LogP contribution in [0.4, 0.5) is 0 Å². The summed E-state index contributed by atoms with van der Waals surface area (Å²) in [7, 11) is 2.22. The molecule has 4 aliphatic rings. The smallest absolute Gasteiger partial charge is 0.141 e. The average Bonchev–Trinajstić information content (AvgIpc) is 3.33. The molecule has 0 spiro atoms. The molecule has 0 radical (unpaired) electrons. The molecule has 3 fully saturated rings. The fourth-order valence-electron chi connectivity index (χ4n) is 10.7. The SMILES string of the molecule is CC(C)CCC[C@@H](C)[C@H]1CC[C@H]2[C@@H]3CC(=O)[C@@H]4c5c(n(C)c6ccccc56)CC[C@]4(C)[C@H]3CC[C@]12C. The molecule has 0 amide bonds. The molecule has 2 nitrogen and oxygen atoms in total. The largest absolute Gasteiger partial charge is 0.347 e. The van der Waals surface area contributed by atoms with Crippen LogP contribution in [0.1, 0.15) is 110 Å². The number of nitrogens with zero attached hydrogens (tertiary/aromatic N) is 1. The van der Waals surface area contributed by atoms with Crippen molar-refractivity contribution in [2.75, 3.05) is 0 Å². The Balaban J connectivity index is 1.30. The number of hydrogen-bond acceptors (Lipinski definition) is 1. The average molecular weight is 488 g/mol. The molecule has 0 aliphatic heterocycles. The monoisotopic (exact) mass is 487 g/mol. The predicted octanol–water partition coefficient (Wildman–Crippen LogP) is 8.71. The van der Waals surface area contributed by atoms with E-state index >= 15 is 0 Å². The number of rotatable bonds is 5. The van der Waals surface area contributed by atoms with Crippen LogP contribution in [-0.4, -0.2) is 10.4 Å². The van der Waals surface area contributed by atoms with Crippen LogP contribution < -0.4 is 0 Å². The number of fused-ring (bicyclic) bond motifs is 9. The van der Waals surface area contributed by atoms with Gasteiger partial charge in [-0.1, -0.05) is 72.1 Å². The maximum absolute atomic E-state index is 14.2. The Hall–Kier alpha value is -1.57. The molecule has 2 aromatic rings. The summed E-state index contributed by atoms with van der Waals surface area (Å²) in [5.41, 5.74) is 4.72. The van der Waals surface area contributed by atoms with Gasteiger partial charge < -0.3 is 4.57 Å².